The molecule has 0 spiro atoms. The Hall–Kier alpha value is -2.30. The minimum Gasteiger partial charge on any atom is -0.370 e. The van der Waals surface area contributed by atoms with E-state index in [0.717, 1.165) is 24.0 Å². The number of rotatable bonds is 3. The number of hydrogen-bond donors (Lipinski definition) is 1. The lowest BCUT2D eigenvalue weighted by Crippen LogP contribution is -2.18. The first-order valence-corrected chi connectivity index (χ1v) is 6.85. The van der Waals surface area contributed by atoms with Crippen LogP contribution < -0.4 is 10.2 Å². The SMILES string of the molecule is C=CC(=O)Nc1nn(C)c2c(N3CCCC3)cccc12. The summed E-state index contributed by atoms with van der Waals surface area (Å²) in [5.74, 6) is 0.352. The van der Waals surface area contributed by atoms with Gasteiger partial charge in [0.25, 0.3) is 0 Å². The summed E-state index contributed by atoms with van der Waals surface area (Å²) in [6.45, 7) is 5.63. The van der Waals surface area contributed by atoms with Crippen LogP contribution in [0.3, 0.4) is 0 Å². The van der Waals surface area contributed by atoms with Crippen LogP contribution in [0.15, 0.2) is 30.9 Å². The number of fused-ring (bicyclic) bond motifs is 1. The molecule has 2 aromatic rings. The predicted octanol–water partition coefficient (Wildman–Crippen LogP) is 2.30. The minimum atomic E-state index is -0.239. The lowest BCUT2D eigenvalue weighted by Gasteiger charge is -2.18. The molecule has 1 aromatic carbocycles. The fraction of sp³-hybridized carbons (Fsp3) is 0.333. The maximum atomic E-state index is 11.5. The fourth-order valence-electron chi connectivity index (χ4n) is 2.79. The predicted molar refractivity (Wildman–Crippen MR) is 81.0 cm³/mol. The molecule has 5 nitrogen and oxygen atoms in total. The highest BCUT2D eigenvalue weighted by atomic mass is 16.1. The van der Waals surface area contributed by atoms with Crippen molar-refractivity contribution >= 4 is 28.3 Å². The van der Waals surface area contributed by atoms with E-state index >= 15 is 0 Å². The molecule has 0 unspecified atom stereocenters. The zero-order chi connectivity index (χ0) is 14.1. The summed E-state index contributed by atoms with van der Waals surface area (Å²) in [6.07, 6.45) is 3.72. The summed E-state index contributed by atoms with van der Waals surface area (Å²) in [4.78, 5) is 13.9. The lowest BCUT2D eigenvalue weighted by atomic mass is 10.2. The van der Waals surface area contributed by atoms with Gasteiger partial charge >= 0.3 is 0 Å². The first-order valence-electron chi connectivity index (χ1n) is 6.85. The normalized spacial score (nSPS) is 14.8. The molecule has 2 heterocycles. The van der Waals surface area contributed by atoms with Crippen LogP contribution in [0, 0.1) is 0 Å². The maximum absolute atomic E-state index is 11.5. The standard InChI is InChI=1S/C15H18N4O/c1-3-13(20)16-15-11-7-6-8-12(14(11)18(2)17-15)19-9-4-5-10-19/h3,6-8H,1,4-5,9-10H2,2H3,(H,16,17,20). The van der Waals surface area contributed by atoms with Gasteiger partial charge in [-0.05, 0) is 31.1 Å². The topological polar surface area (TPSA) is 50.2 Å². The molecule has 0 bridgehead atoms. The minimum absolute atomic E-state index is 0.239. The summed E-state index contributed by atoms with van der Waals surface area (Å²) < 4.78 is 1.84. The third-order valence-electron chi connectivity index (χ3n) is 3.72. The molecule has 1 amide bonds. The molecular formula is C15H18N4O. The maximum Gasteiger partial charge on any atom is 0.248 e. The van der Waals surface area contributed by atoms with Gasteiger partial charge in [-0.2, -0.15) is 5.10 Å². The van der Waals surface area contributed by atoms with E-state index in [1.165, 1.54) is 24.6 Å². The van der Waals surface area contributed by atoms with Crippen molar-refractivity contribution in [2.75, 3.05) is 23.3 Å². The van der Waals surface area contributed by atoms with Gasteiger partial charge < -0.3 is 10.2 Å². The van der Waals surface area contributed by atoms with Crippen molar-refractivity contribution in [2.24, 2.45) is 7.05 Å². The van der Waals surface area contributed by atoms with Crippen LogP contribution in [0.2, 0.25) is 0 Å². The molecule has 3 rings (SSSR count). The largest absolute Gasteiger partial charge is 0.370 e. The molecule has 1 aromatic heterocycles. The molecule has 5 heteroatoms. The van der Waals surface area contributed by atoms with Crippen molar-refractivity contribution in [3.05, 3.63) is 30.9 Å². The number of anilines is 2. The molecule has 1 N–H and O–H groups in total. The second-order valence-electron chi connectivity index (χ2n) is 5.03. The van der Waals surface area contributed by atoms with Gasteiger partial charge in [0.05, 0.1) is 11.2 Å². The highest BCUT2D eigenvalue weighted by Crippen LogP contribution is 2.32. The highest BCUT2D eigenvalue weighted by molar-refractivity contribution is 6.06. The van der Waals surface area contributed by atoms with E-state index in [1.54, 1.807) is 0 Å². The van der Waals surface area contributed by atoms with Crippen LogP contribution in [-0.2, 0) is 11.8 Å². The number of carbonyl (C=O) groups is 1. The van der Waals surface area contributed by atoms with Crippen LogP contribution in [0.25, 0.3) is 10.9 Å². The molecular weight excluding hydrogens is 252 g/mol. The number of amides is 1. The average Bonchev–Trinajstić information content (AvgIpc) is 3.08. The molecule has 0 aliphatic carbocycles. The van der Waals surface area contributed by atoms with Gasteiger partial charge in [-0.3, -0.25) is 9.48 Å². The van der Waals surface area contributed by atoms with Crippen molar-refractivity contribution in [3.8, 4) is 0 Å². The van der Waals surface area contributed by atoms with E-state index in [-0.39, 0.29) is 5.91 Å². The Morgan fingerprint density at radius 3 is 2.85 bits per heavy atom. The third-order valence-corrected chi connectivity index (χ3v) is 3.72. The van der Waals surface area contributed by atoms with Crippen molar-refractivity contribution in [3.63, 3.8) is 0 Å². The summed E-state index contributed by atoms with van der Waals surface area (Å²) in [7, 11) is 1.91. The van der Waals surface area contributed by atoms with Gasteiger partial charge in [0.2, 0.25) is 5.91 Å². The Morgan fingerprint density at radius 2 is 2.15 bits per heavy atom. The average molecular weight is 270 g/mol. The molecule has 1 saturated heterocycles. The molecule has 0 saturated carbocycles. The van der Waals surface area contributed by atoms with Crippen molar-refractivity contribution < 1.29 is 4.79 Å². The van der Waals surface area contributed by atoms with Crippen molar-refractivity contribution in [2.45, 2.75) is 12.8 Å². The summed E-state index contributed by atoms with van der Waals surface area (Å²) in [5, 5.41) is 8.15. The number of nitrogens with zero attached hydrogens (tertiary/aromatic N) is 3. The van der Waals surface area contributed by atoms with E-state index in [2.05, 4.69) is 28.0 Å². The zero-order valence-corrected chi connectivity index (χ0v) is 11.6. The fourth-order valence-corrected chi connectivity index (χ4v) is 2.79. The van der Waals surface area contributed by atoms with Crippen LogP contribution >= 0.6 is 0 Å². The molecule has 20 heavy (non-hydrogen) atoms. The molecule has 1 fully saturated rings. The molecule has 0 atom stereocenters. The Kier molecular flexibility index (Phi) is 3.18. The number of nitrogens with one attached hydrogen (secondary N) is 1. The highest BCUT2D eigenvalue weighted by Gasteiger charge is 2.19. The molecule has 1 aliphatic heterocycles. The molecule has 0 radical (unpaired) electrons. The van der Waals surface area contributed by atoms with Crippen LogP contribution in [0.1, 0.15) is 12.8 Å². The van der Waals surface area contributed by atoms with Gasteiger partial charge in [-0.25, -0.2) is 0 Å². The number of aromatic nitrogens is 2. The summed E-state index contributed by atoms with van der Waals surface area (Å²) in [6, 6.07) is 6.12. The second-order valence-corrected chi connectivity index (χ2v) is 5.03. The number of aryl methyl sites for hydroxylation is 1. The Bertz CT molecular complexity index is 668. The number of carbonyl (C=O) groups excluding carboxylic acids is 1. The van der Waals surface area contributed by atoms with Crippen LogP contribution in [-0.4, -0.2) is 28.8 Å². The number of hydrogen-bond acceptors (Lipinski definition) is 3. The number of benzene rings is 1. The summed E-state index contributed by atoms with van der Waals surface area (Å²) in [5.41, 5.74) is 2.25. The Balaban J connectivity index is 2.10. The van der Waals surface area contributed by atoms with Gasteiger partial charge in [-0.1, -0.05) is 12.6 Å². The molecule has 1 aliphatic rings. The third kappa shape index (κ3) is 2.05. The quantitative estimate of drug-likeness (QED) is 0.871. The van der Waals surface area contributed by atoms with Gasteiger partial charge in [-0.15, -0.1) is 0 Å². The smallest absolute Gasteiger partial charge is 0.248 e. The second kappa shape index (κ2) is 5.00. The number of para-hydroxylation sites is 1. The van der Waals surface area contributed by atoms with Gasteiger partial charge in [0.15, 0.2) is 5.82 Å². The molecule has 104 valence electrons. The van der Waals surface area contributed by atoms with E-state index in [0.29, 0.717) is 5.82 Å². The van der Waals surface area contributed by atoms with Crippen molar-refractivity contribution in [1.82, 2.24) is 9.78 Å². The first-order chi connectivity index (χ1) is 9.70. The van der Waals surface area contributed by atoms with Crippen molar-refractivity contribution in [1.29, 1.82) is 0 Å². The first kappa shape index (κ1) is 12.7. The van der Waals surface area contributed by atoms with Gasteiger partial charge in [0, 0.05) is 25.5 Å². The van der Waals surface area contributed by atoms with Crippen LogP contribution in [0.4, 0.5) is 11.5 Å². The van der Waals surface area contributed by atoms with E-state index in [1.807, 2.05) is 23.9 Å². The van der Waals surface area contributed by atoms with E-state index in [4.69, 9.17) is 0 Å². The Labute approximate surface area is 117 Å². The van der Waals surface area contributed by atoms with E-state index < -0.39 is 0 Å². The lowest BCUT2D eigenvalue weighted by molar-refractivity contribution is -0.111. The Morgan fingerprint density at radius 1 is 1.40 bits per heavy atom. The summed E-state index contributed by atoms with van der Waals surface area (Å²) >= 11 is 0. The monoisotopic (exact) mass is 270 g/mol. The zero-order valence-electron chi connectivity index (χ0n) is 11.6. The van der Waals surface area contributed by atoms with E-state index in [9.17, 15) is 4.79 Å². The van der Waals surface area contributed by atoms with Crippen LogP contribution in [0.5, 0.6) is 0 Å². The van der Waals surface area contributed by atoms with Gasteiger partial charge in [0.1, 0.15) is 0 Å².